The maximum Gasteiger partial charge on any atom is 0.311 e. The number of rotatable bonds is 5. The molecule has 4 rings (SSSR count). The van der Waals surface area contributed by atoms with E-state index in [1.165, 1.54) is 0 Å². The number of ether oxygens (including phenoxy) is 3. The van der Waals surface area contributed by atoms with Gasteiger partial charge in [-0.05, 0) is 37.5 Å². The fourth-order valence-corrected chi connectivity index (χ4v) is 4.04. The minimum atomic E-state index is -0.302. The molecule has 2 heterocycles. The van der Waals surface area contributed by atoms with Crippen molar-refractivity contribution < 1.29 is 23.8 Å². The quantitative estimate of drug-likeness (QED) is 0.476. The van der Waals surface area contributed by atoms with Gasteiger partial charge in [0.05, 0.1) is 11.8 Å². The Morgan fingerprint density at radius 2 is 2.19 bits per heavy atom. The lowest BCUT2D eigenvalue weighted by Gasteiger charge is -2.41. The van der Waals surface area contributed by atoms with Crippen LogP contribution in [0.2, 0.25) is 0 Å². The maximum atomic E-state index is 11.9. The molecule has 2 aliphatic carbocycles. The Bertz CT molecular complexity index is 426. The molecular formula is C15H22O5S. The Balaban J connectivity index is 1.56. The molecule has 0 aromatic rings. The Hall–Kier alpha value is -0.750. The lowest BCUT2D eigenvalue weighted by Crippen LogP contribution is -2.44. The second-order valence-corrected chi connectivity index (χ2v) is 6.90. The Kier molecular flexibility index (Phi) is 4.45. The number of carbonyl (C=O) groups excluding carboxylic acids is 2. The fraction of sp³-hybridized carbons (Fsp3) is 0.867. The first-order chi connectivity index (χ1) is 10.1. The summed E-state index contributed by atoms with van der Waals surface area (Å²) in [6, 6.07) is 0. The van der Waals surface area contributed by atoms with Crippen LogP contribution in [0.25, 0.3) is 0 Å². The van der Waals surface area contributed by atoms with Crippen molar-refractivity contribution in [2.75, 3.05) is 12.5 Å². The van der Waals surface area contributed by atoms with Crippen molar-refractivity contribution in [3.63, 3.8) is 0 Å². The van der Waals surface area contributed by atoms with E-state index < -0.39 is 0 Å². The molecule has 2 saturated carbocycles. The van der Waals surface area contributed by atoms with Crippen molar-refractivity contribution in [3.8, 4) is 0 Å². The predicted molar refractivity (Wildman–Crippen MR) is 77.7 cm³/mol. The molecule has 2 saturated heterocycles. The van der Waals surface area contributed by atoms with Gasteiger partial charge in [-0.3, -0.25) is 9.59 Å². The standard InChI is InChI=1S/C15H22O5S/c1-8(6-21)14(16)19-7-18-13-10-2-9-3-11(5-10)15(17)20-12(13)4-9/h8-13,21H,2-7H2,1H3. The molecule has 0 N–H and O–H groups in total. The smallest absolute Gasteiger partial charge is 0.311 e. The second-order valence-electron chi connectivity index (χ2n) is 6.54. The van der Waals surface area contributed by atoms with Crippen molar-refractivity contribution in [1.82, 2.24) is 0 Å². The normalized spacial score (nSPS) is 38.8. The summed E-state index contributed by atoms with van der Waals surface area (Å²) >= 11 is 4.07. The van der Waals surface area contributed by atoms with Gasteiger partial charge in [-0.25, -0.2) is 0 Å². The van der Waals surface area contributed by atoms with Crippen LogP contribution in [0.15, 0.2) is 0 Å². The molecule has 4 bridgehead atoms. The summed E-state index contributed by atoms with van der Waals surface area (Å²) in [6.45, 7) is 1.70. The monoisotopic (exact) mass is 314 g/mol. The SMILES string of the molecule is CC(CS)C(=O)OCOC1C2CC3CC(C2)C(=O)OC1C3. The molecular weight excluding hydrogens is 292 g/mol. The summed E-state index contributed by atoms with van der Waals surface area (Å²) in [7, 11) is 0. The third-order valence-corrected chi connectivity index (χ3v) is 5.52. The minimum Gasteiger partial charge on any atom is -0.459 e. The molecule has 6 heteroatoms. The summed E-state index contributed by atoms with van der Waals surface area (Å²) in [5.41, 5.74) is 0. The van der Waals surface area contributed by atoms with Gasteiger partial charge in [0.15, 0.2) is 6.79 Å². The summed E-state index contributed by atoms with van der Waals surface area (Å²) in [5.74, 6) is 0.809. The highest BCUT2D eigenvalue weighted by Crippen LogP contribution is 2.48. The van der Waals surface area contributed by atoms with Gasteiger partial charge in [-0.1, -0.05) is 6.92 Å². The molecule has 0 aromatic carbocycles. The van der Waals surface area contributed by atoms with Crippen molar-refractivity contribution >= 4 is 24.6 Å². The zero-order valence-corrected chi connectivity index (χ0v) is 13.1. The lowest BCUT2D eigenvalue weighted by atomic mass is 9.67. The highest BCUT2D eigenvalue weighted by molar-refractivity contribution is 7.80. The lowest BCUT2D eigenvalue weighted by molar-refractivity contribution is -0.186. The van der Waals surface area contributed by atoms with E-state index in [1.807, 2.05) is 0 Å². The molecule has 5 nitrogen and oxygen atoms in total. The van der Waals surface area contributed by atoms with E-state index in [0.29, 0.717) is 17.6 Å². The largest absolute Gasteiger partial charge is 0.459 e. The van der Waals surface area contributed by atoms with Gasteiger partial charge in [0.2, 0.25) is 0 Å². The summed E-state index contributed by atoms with van der Waals surface area (Å²) < 4.78 is 16.4. The van der Waals surface area contributed by atoms with Crippen molar-refractivity contribution in [2.45, 2.75) is 44.8 Å². The van der Waals surface area contributed by atoms with Crippen LogP contribution in [0.1, 0.15) is 32.6 Å². The van der Waals surface area contributed by atoms with E-state index in [9.17, 15) is 9.59 Å². The van der Waals surface area contributed by atoms with Gasteiger partial charge in [-0.15, -0.1) is 0 Å². The Labute approximate surface area is 130 Å². The van der Waals surface area contributed by atoms with Crippen LogP contribution < -0.4 is 0 Å². The summed E-state index contributed by atoms with van der Waals surface area (Å²) in [4.78, 5) is 23.6. The third-order valence-electron chi connectivity index (χ3n) is 4.98. The first-order valence-electron chi connectivity index (χ1n) is 7.68. The van der Waals surface area contributed by atoms with Gasteiger partial charge in [0.1, 0.15) is 12.2 Å². The molecule has 118 valence electrons. The third kappa shape index (κ3) is 3.06. The van der Waals surface area contributed by atoms with Gasteiger partial charge >= 0.3 is 11.9 Å². The minimum absolute atomic E-state index is 0.0408. The van der Waals surface area contributed by atoms with Gasteiger partial charge in [0, 0.05) is 5.75 Å². The molecule has 2 aliphatic heterocycles. The van der Waals surface area contributed by atoms with Gasteiger partial charge in [0.25, 0.3) is 0 Å². The number of fused-ring (bicyclic) bond motifs is 1. The van der Waals surface area contributed by atoms with E-state index >= 15 is 0 Å². The zero-order valence-electron chi connectivity index (χ0n) is 12.2. The van der Waals surface area contributed by atoms with Crippen LogP contribution in [0.4, 0.5) is 0 Å². The number of esters is 2. The zero-order chi connectivity index (χ0) is 15.0. The van der Waals surface area contributed by atoms with Crippen molar-refractivity contribution in [3.05, 3.63) is 0 Å². The average molecular weight is 314 g/mol. The van der Waals surface area contributed by atoms with Crippen LogP contribution in [0, 0.1) is 23.7 Å². The van der Waals surface area contributed by atoms with E-state index in [4.69, 9.17) is 14.2 Å². The average Bonchev–Trinajstić information content (AvgIpc) is 2.63. The molecule has 6 unspecified atom stereocenters. The van der Waals surface area contributed by atoms with Gasteiger partial charge in [-0.2, -0.15) is 12.6 Å². The molecule has 4 aliphatic rings. The molecule has 21 heavy (non-hydrogen) atoms. The van der Waals surface area contributed by atoms with Crippen LogP contribution in [-0.4, -0.2) is 36.7 Å². The predicted octanol–water partition coefficient (Wildman–Crippen LogP) is 1.80. The van der Waals surface area contributed by atoms with E-state index in [0.717, 1.165) is 25.7 Å². The molecule has 4 fully saturated rings. The van der Waals surface area contributed by atoms with Crippen LogP contribution in [-0.2, 0) is 23.8 Å². The number of thiol groups is 1. The fourth-order valence-electron chi connectivity index (χ4n) is 3.90. The Morgan fingerprint density at radius 3 is 2.95 bits per heavy atom. The molecule has 6 atom stereocenters. The van der Waals surface area contributed by atoms with E-state index in [-0.39, 0.29) is 42.8 Å². The van der Waals surface area contributed by atoms with Crippen molar-refractivity contribution in [1.29, 1.82) is 0 Å². The van der Waals surface area contributed by atoms with Crippen LogP contribution in [0.3, 0.4) is 0 Å². The maximum absolute atomic E-state index is 11.9. The van der Waals surface area contributed by atoms with E-state index in [2.05, 4.69) is 12.6 Å². The molecule has 0 aromatic heterocycles. The summed E-state index contributed by atoms with van der Waals surface area (Å²) in [6.07, 6.45) is 3.48. The highest BCUT2D eigenvalue weighted by Gasteiger charge is 2.50. The topological polar surface area (TPSA) is 61.8 Å². The summed E-state index contributed by atoms with van der Waals surface area (Å²) in [5, 5.41) is 0. The van der Waals surface area contributed by atoms with Crippen LogP contribution in [0.5, 0.6) is 0 Å². The number of carbonyl (C=O) groups is 2. The molecule has 0 spiro atoms. The Morgan fingerprint density at radius 1 is 1.38 bits per heavy atom. The van der Waals surface area contributed by atoms with Gasteiger partial charge < -0.3 is 14.2 Å². The first kappa shape index (κ1) is 15.2. The highest BCUT2D eigenvalue weighted by atomic mass is 32.1. The number of hydrogen-bond acceptors (Lipinski definition) is 6. The molecule has 0 amide bonds. The first-order valence-corrected chi connectivity index (χ1v) is 8.31. The molecule has 0 radical (unpaired) electrons. The van der Waals surface area contributed by atoms with E-state index in [1.54, 1.807) is 6.92 Å². The second kappa shape index (κ2) is 6.16. The van der Waals surface area contributed by atoms with Crippen molar-refractivity contribution in [2.24, 2.45) is 23.7 Å². The number of hydrogen-bond donors (Lipinski definition) is 1. The van der Waals surface area contributed by atoms with Crippen LogP contribution >= 0.6 is 12.6 Å².